The van der Waals surface area contributed by atoms with Crippen molar-refractivity contribution < 1.29 is 18.8 Å². The minimum atomic E-state index is -0.444. The van der Waals surface area contributed by atoms with E-state index >= 15 is 0 Å². The van der Waals surface area contributed by atoms with Crippen LogP contribution in [0.5, 0.6) is 11.5 Å². The van der Waals surface area contributed by atoms with Gasteiger partial charge >= 0.3 is 0 Å². The predicted molar refractivity (Wildman–Crippen MR) is 114 cm³/mol. The molecule has 30 heavy (non-hydrogen) atoms. The van der Waals surface area contributed by atoms with Gasteiger partial charge in [0.15, 0.2) is 11.5 Å². The van der Waals surface area contributed by atoms with E-state index in [0.717, 1.165) is 11.3 Å². The second kappa shape index (κ2) is 9.93. The van der Waals surface area contributed by atoms with Crippen LogP contribution in [0, 0.1) is 15.9 Å². The fourth-order valence-corrected chi connectivity index (χ4v) is 3.10. The number of nitrogens with zero attached hydrogens (tertiary/aromatic N) is 1. The van der Waals surface area contributed by atoms with E-state index in [1.165, 1.54) is 24.3 Å². The van der Waals surface area contributed by atoms with Gasteiger partial charge in [0.1, 0.15) is 12.4 Å². The maximum absolute atomic E-state index is 13.4. The summed E-state index contributed by atoms with van der Waals surface area (Å²) in [6.45, 7) is 2.86. The summed E-state index contributed by atoms with van der Waals surface area (Å²) < 4.78 is 24.9. The highest BCUT2D eigenvalue weighted by molar-refractivity contribution is 6.32. The minimum absolute atomic E-state index is 0.0297. The van der Waals surface area contributed by atoms with Crippen LogP contribution in [-0.2, 0) is 13.2 Å². The van der Waals surface area contributed by atoms with Crippen LogP contribution in [0.3, 0.4) is 0 Å². The van der Waals surface area contributed by atoms with Crippen LogP contribution < -0.4 is 14.8 Å². The SMILES string of the molecule is CCOc1cc(CNc2ccc([N+](=O)[O-])cc2)cc(Cl)c1OCc1cccc(F)c1. The molecule has 6 nitrogen and oxygen atoms in total. The van der Waals surface area contributed by atoms with Gasteiger partial charge in [-0.2, -0.15) is 0 Å². The molecule has 1 N–H and O–H groups in total. The van der Waals surface area contributed by atoms with E-state index < -0.39 is 4.92 Å². The monoisotopic (exact) mass is 430 g/mol. The Bertz CT molecular complexity index is 1030. The first-order valence-electron chi connectivity index (χ1n) is 9.27. The number of anilines is 1. The summed E-state index contributed by atoms with van der Waals surface area (Å²) in [6, 6.07) is 15.9. The molecule has 156 valence electrons. The Morgan fingerprint density at radius 2 is 1.83 bits per heavy atom. The smallest absolute Gasteiger partial charge is 0.269 e. The van der Waals surface area contributed by atoms with Crippen LogP contribution in [0.1, 0.15) is 18.1 Å². The average Bonchev–Trinajstić information content (AvgIpc) is 2.72. The molecule has 0 aliphatic rings. The highest BCUT2D eigenvalue weighted by Gasteiger charge is 2.13. The first-order valence-corrected chi connectivity index (χ1v) is 9.65. The molecule has 0 aliphatic heterocycles. The van der Waals surface area contributed by atoms with Gasteiger partial charge in [0.25, 0.3) is 5.69 Å². The quantitative estimate of drug-likeness (QED) is 0.334. The number of rotatable bonds is 9. The van der Waals surface area contributed by atoms with Crippen molar-refractivity contribution in [2.45, 2.75) is 20.1 Å². The lowest BCUT2D eigenvalue weighted by atomic mass is 10.2. The Hall–Kier alpha value is -3.32. The van der Waals surface area contributed by atoms with Crippen molar-refractivity contribution in [3.63, 3.8) is 0 Å². The van der Waals surface area contributed by atoms with Gasteiger partial charge in [-0.1, -0.05) is 23.7 Å². The molecule has 0 saturated carbocycles. The van der Waals surface area contributed by atoms with Crippen LogP contribution in [0.15, 0.2) is 60.7 Å². The second-order valence-corrected chi connectivity index (χ2v) is 6.82. The van der Waals surface area contributed by atoms with Gasteiger partial charge in [-0.3, -0.25) is 10.1 Å². The lowest BCUT2D eigenvalue weighted by molar-refractivity contribution is -0.384. The fourth-order valence-electron chi connectivity index (χ4n) is 2.81. The molecule has 0 aliphatic carbocycles. The van der Waals surface area contributed by atoms with E-state index in [0.29, 0.717) is 35.2 Å². The first-order chi connectivity index (χ1) is 14.5. The summed E-state index contributed by atoms with van der Waals surface area (Å²) in [5.41, 5.74) is 2.29. The summed E-state index contributed by atoms with van der Waals surface area (Å²) in [5, 5.41) is 14.3. The fraction of sp³-hybridized carbons (Fsp3) is 0.182. The molecular weight excluding hydrogens is 411 g/mol. The largest absolute Gasteiger partial charge is 0.490 e. The van der Waals surface area contributed by atoms with Crippen LogP contribution >= 0.6 is 11.6 Å². The van der Waals surface area contributed by atoms with E-state index in [1.807, 2.05) is 13.0 Å². The summed E-state index contributed by atoms with van der Waals surface area (Å²) >= 11 is 6.42. The van der Waals surface area contributed by atoms with Crippen molar-refractivity contribution in [1.29, 1.82) is 0 Å². The predicted octanol–water partition coefficient (Wildman–Crippen LogP) is 5.98. The summed E-state index contributed by atoms with van der Waals surface area (Å²) in [4.78, 5) is 10.3. The van der Waals surface area contributed by atoms with Crippen molar-refractivity contribution in [2.75, 3.05) is 11.9 Å². The maximum Gasteiger partial charge on any atom is 0.269 e. The van der Waals surface area contributed by atoms with Crippen LogP contribution in [0.2, 0.25) is 5.02 Å². The number of benzene rings is 3. The summed E-state index contributed by atoms with van der Waals surface area (Å²) in [6.07, 6.45) is 0. The molecule has 0 heterocycles. The third-order valence-electron chi connectivity index (χ3n) is 4.22. The molecule has 0 atom stereocenters. The Labute approximate surface area is 178 Å². The molecule has 0 radical (unpaired) electrons. The van der Waals surface area contributed by atoms with E-state index in [2.05, 4.69) is 5.32 Å². The van der Waals surface area contributed by atoms with E-state index in [-0.39, 0.29) is 18.1 Å². The zero-order valence-electron chi connectivity index (χ0n) is 16.2. The molecule has 0 unspecified atom stereocenters. The van der Waals surface area contributed by atoms with Gasteiger partial charge in [0, 0.05) is 24.4 Å². The first kappa shape index (κ1) is 21.4. The van der Waals surface area contributed by atoms with Gasteiger partial charge < -0.3 is 14.8 Å². The Morgan fingerprint density at radius 1 is 1.07 bits per heavy atom. The highest BCUT2D eigenvalue weighted by Crippen LogP contribution is 2.37. The molecule has 0 spiro atoms. The summed E-state index contributed by atoms with van der Waals surface area (Å²) in [7, 11) is 0. The van der Waals surface area contributed by atoms with Gasteiger partial charge in [-0.05, 0) is 54.4 Å². The third kappa shape index (κ3) is 5.61. The molecule has 3 rings (SSSR count). The number of nitro benzene ring substituents is 1. The van der Waals surface area contributed by atoms with Crippen molar-refractivity contribution in [3.8, 4) is 11.5 Å². The van der Waals surface area contributed by atoms with Crippen molar-refractivity contribution in [3.05, 3.63) is 92.7 Å². The molecule has 0 saturated heterocycles. The standard InChI is InChI=1S/C22H20ClFN2O4/c1-2-29-21-12-16(13-25-18-6-8-19(9-7-18)26(27)28)11-20(23)22(21)30-14-15-4-3-5-17(24)10-15/h3-12,25H,2,13-14H2,1H3. The number of ether oxygens (including phenoxy) is 2. The van der Waals surface area contributed by atoms with Gasteiger partial charge in [-0.15, -0.1) is 0 Å². The number of nitro groups is 1. The third-order valence-corrected chi connectivity index (χ3v) is 4.50. The Morgan fingerprint density at radius 3 is 2.50 bits per heavy atom. The van der Waals surface area contributed by atoms with Crippen molar-refractivity contribution >= 4 is 23.0 Å². The zero-order chi connectivity index (χ0) is 21.5. The lowest BCUT2D eigenvalue weighted by Gasteiger charge is -2.16. The molecule has 3 aromatic carbocycles. The minimum Gasteiger partial charge on any atom is -0.490 e. The molecule has 0 bridgehead atoms. The number of nitrogens with one attached hydrogen (secondary N) is 1. The number of non-ortho nitro benzene ring substituents is 1. The molecule has 0 aromatic heterocycles. The molecule has 0 fully saturated rings. The topological polar surface area (TPSA) is 73.6 Å². The van der Waals surface area contributed by atoms with E-state index in [1.54, 1.807) is 30.3 Å². The average molecular weight is 431 g/mol. The second-order valence-electron chi connectivity index (χ2n) is 6.41. The van der Waals surface area contributed by atoms with Gasteiger partial charge in [0.2, 0.25) is 0 Å². The van der Waals surface area contributed by atoms with Crippen LogP contribution in [0.25, 0.3) is 0 Å². The van der Waals surface area contributed by atoms with Crippen molar-refractivity contribution in [2.24, 2.45) is 0 Å². The van der Waals surface area contributed by atoms with E-state index in [4.69, 9.17) is 21.1 Å². The number of halogens is 2. The Kier molecular flexibility index (Phi) is 7.08. The van der Waals surface area contributed by atoms with E-state index in [9.17, 15) is 14.5 Å². The highest BCUT2D eigenvalue weighted by atomic mass is 35.5. The molecule has 8 heteroatoms. The summed E-state index contributed by atoms with van der Waals surface area (Å²) in [5.74, 6) is 0.545. The normalized spacial score (nSPS) is 10.5. The van der Waals surface area contributed by atoms with Crippen LogP contribution in [-0.4, -0.2) is 11.5 Å². The number of hydrogen-bond donors (Lipinski definition) is 1. The molecule has 3 aromatic rings. The maximum atomic E-state index is 13.4. The Balaban J connectivity index is 1.72. The van der Waals surface area contributed by atoms with Crippen LogP contribution in [0.4, 0.5) is 15.8 Å². The lowest BCUT2D eigenvalue weighted by Crippen LogP contribution is -2.04. The van der Waals surface area contributed by atoms with Crippen molar-refractivity contribution in [1.82, 2.24) is 0 Å². The zero-order valence-corrected chi connectivity index (χ0v) is 17.0. The molecule has 0 amide bonds. The molecular formula is C22H20ClFN2O4. The number of hydrogen-bond acceptors (Lipinski definition) is 5. The van der Waals surface area contributed by atoms with Gasteiger partial charge in [0.05, 0.1) is 16.6 Å². The van der Waals surface area contributed by atoms with Gasteiger partial charge in [-0.25, -0.2) is 4.39 Å².